The molecule has 0 aromatic heterocycles. The summed E-state index contributed by atoms with van der Waals surface area (Å²) >= 11 is 0. The quantitative estimate of drug-likeness (QED) is 0.141. The van der Waals surface area contributed by atoms with Gasteiger partial charge in [-0.15, -0.1) is 6.58 Å². The van der Waals surface area contributed by atoms with E-state index in [-0.39, 0.29) is 23.7 Å². The zero-order valence-corrected chi connectivity index (χ0v) is 21.7. The third-order valence-electron chi connectivity index (χ3n) is 7.97. The van der Waals surface area contributed by atoms with E-state index < -0.39 is 40.7 Å². The van der Waals surface area contributed by atoms with Gasteiger partial charge in [0.05, 0.1) is 5.56 Å². The van der Waals surface area contributed by atoms with Crippen molar-refractivity contribution in [3.8, 4) is 11.5 Å². The molecule has 2 aliphatic carbocycles. The van der Waals surface area contributed by atoms with Crippen LogP contribution in [0, 0.1) is 41.0 Å². The number of hydrogen-bond donors (Lipinski definition) is 0. The molecule has 4 atom stereocenters. The van der Waals surface area contributed by atoms with E-state index in [2.05, 4.69) is 6.58 Å². The summed E-state index contributed by atoms with van der Waals surface area (Å²) in [6.45, 7) is 5.51. The van der Waals surface area contributed by atoms with Crippen LogP contribution in [-0.2, 0) is 0 Å². The monoisotopic (exact) mass is 530 g/mol. The van der Waals surface area contributed by atoms with E-state index >= 15 is 8.78 Å². The van der Waals surface area contributed by atoms with Crippen molar-refractivity contribution in [1.82, 2.24) is 0 Å². The molecule has 0 bridgehead atoms. The second-order valence-electron chi connectivity index (χ2n) is 10.4. The second kappa shape index (κ2) is 12.6. The largest absolute Gasteiger partial charge is 0.483 e. The van der Waals surface area contributed by atoms with E-state index in [0.29, 0.717) is 24.2 Å². The van der Waals surface area contributed by atoms with Crippen LogP contribution in [0.25, 0.3) is 0 Å². The van der Waals surface area contributed by atoms with E-state index in [4.69, 9.17) is 9.47 Å². The van der Waals surface area contributed by atoms with Crippen molar-refractivity contribution >= 4 is 5.97 Å². The molecule has 0 aliphatic heterocycles. The highest BCUT2D eigenvalue weighted by molar-refractivity contribution is 5.91. The number of rotatable bonds is 9. The molecule has 2 fully saturated rings. The number of carbonyl (C=O) groups excluding carboxylic acids is 1. The molecule has 0 heterocycles. The molecule has 3 nitrogen and oxygen atoms in total. The van der Waals surface area contributed by atoms with E-state index in [1.165, 1.54) is 6.42 Å². The third kappa shape index (κ3) is 6.48. The highest BCUT2D eigenvalue weighted by Crippen LogP contribution is 2.49. The van der Waals surface area contributed by atoms with Crippen LogP contribution in [0.15, 0.2) is 49.1 Å². The Hall–Kier alpha value is -3.09. The highest BCUT2D eigenvalue weighted by Gasteiger charge is 2.37. The lowest BCUT2D eigenvalue weighted by Crippen LogP contribution is -2.31. The van der Waals surface area contributed by atoms with Crippen LogP contribution in [-0.4, -0.2) is 12.6 Å². The van der Waals surface area contributed by atoms with E-state index in [9.17, 15) is 13.6 Å². The summed E-state index contributed by atoms with van der Waals surface area (Å²) in [6.07, 6.45) is 13.1. The van der Waals surface area contributed by atoms with Crippen LogP contribution >= 0.6 is 0 Å². The SMILES string of the molecule is C=CCCC1CCC2CC(c3c(F)cc(C(=O)Oc4cc(F)c(OC/C=C/C)c(F)c4)cc3F)CCC2C1. The summed E-state index contributed by atoms with van der Waals surface area (Å²) in [6, 6.07) is 3.47. The zero-order valence-electron chi connectivity index (χ0n) is 21.7. The fourth-order valence-corrected chi connectivity index (χ4v) is 6.08. The molecular weight excluding hydrogens is 496 g/mol. The first-order valence-corrected chi connectivity index (χ1v) is 13.4. The lowest BCUT2D eigenvalue weighted by Gasteiger charge is -2.42. The normalized spacial score (nSPS) is 23.2. The molecule has 0 amide bonds. The molecule has 2 aromatic rings. The first-order valence-electron chi connectivity index (χ1n) is 13.4. The number of fused-ring (bicyclic) bond motifs is 1. The Balaban J connectivity index is 1.42. The van der Waals surface area contributed by atoms with Gasteiger partial charge in [0.15, 0.2) is 17.4 Å². The van der Waals surface area contributed by atoms with E-state index in [1.807, 2.05) is 6.08 Å². The van der Waals surface area contributed by atoms with Gasteiger partial charge in [-0.25, -0.2) is 22.4 Å². The van der Waals surface area contributed by atoms with Crippen LogP contribution in [0.1, 0.15) is 80.1 Å². The number of hydrogen-bond acceptors (Lipinski definition) is 3. The van der Waals surface area contributed by atoms with Crippen LogP contribution in [0.5, 0.6) is 11.5 Å². The molecule has 2 saturated carbocycles. The molecule has 0 saturated heterocycles. The Morgan fingerprint density at radius 3 is 2.26 bits per heavy atom. The lowest BCUT2D eigenvalue weighted by atomic mass is 9.63. The topological polar surface area (TPSA) is 35.5 Å². The van der Waals surface area contributed by atoms with Crippen molar-refractivity contribution < 1.29 is 31.8 Å². The number of ether oxygens (including phenoxy) is 2. The molecule has 38 heavy (non-hydrogen) atoms. The number of halogens is 4. The van der Waals surface area contributed by atoms with Gasteiger partial charge in [0.2, 0.25) is 0 Å². The van der Waals surface area contributed by atoms with Crippen LogP contribution < -0.4 is 9.47 Å². The highest BCUT2D eigenvalue weighted by atomic mass is 19.1. The molecular formula is C31H34F4O3. The van der Waals surface area contributed by atoms with E-state index in [1.54, 1.807) is 19.1 Å². The molecule has 4 rings (SSSR count). The molecule has 204 valence electrons. The molecule has 2 aliphatic rings. The fraction of sp³-hybridized carbons (Fsp3) is 0.452. The Bertz CT molecular complexity index is 1150. The first kappa shape index (κ1) is 27.9. The number of allylic oxidation sites excluding steroid dienone is 2. The average Bonchev–Trinajstić information content (AvgIpc) is 2.88. The molecule has 4 unspecified atom stereocenters. The van der Waals surface area contributed by atoms with Gasteiger partial charge in [-0.05, 0) is 87.7 Å². The van der Waals surface area contributed by atoms with Gasteiger partial charge >= 0.3 is 5.97 Å². The van der Waals surface area contributed by atoms with E-state index in [0.717, 1.165) is 62.8 Å². The minimum atomic E-state index is -1.11. The van der Waals surface area contributed by atoms with Crippen LogP contribution in [0.3, 0.4) is 0 Å². The van der Waals surface area contributed by atoms with Crippen molar-refractivity contribution in [2.75, 3.05) is 6.61 Å². The van der Waals surface area contributed by atoms with Crippen LogP contribution in [0.2, 0.25) is 0 Å². The van der Waals surface area contributed by atoms with Gasteiger partial charge < -0.3 is 9.47 Å². The van der Waals surface area contributed by atoms with Crippen molar-refractivity contribution in [1.29, 1.82) is 0 Å². The maximum Gasteiger partial charge on any atom is 0.343 e. The number of benzene rings is 2. The van der Waals surface area contributed by atoms with Crippen molar-refractivity contribution in [2.24, 2.45) is 17.8 Å². The Labute approximate surface area is 221 Å². The summed E-state index contributed by atoms with van der Waals surface area (Å²) in [5.41, 5.74) is -0.358. The lowest BCUT2D eigenvalue weighted by molar-refractivity contribution is 0.0732. The second-order valence-corrected chi connectivity index (χ2v) is 10.4. The molecule has 0 radical (unpaired) electrons. The van der Waals surface area contributed by atoms with Crippen molar-refractivity contribution in [2.45, 2.75) is 64.2 Å². The zero-order chi connectivity index (χ0) is 27.2. The standard InChI is InChI=1S/C31H34F4O3/c1-3-5-7-19-8-9-21-14-22(11-10-20(21)13-19)29-25(32)15-23(16-26(29)33)31(36)38-24-17-27(34)30(28(35)18-24)37-12-6-4-2/h3-4,6,15-22H,1,5,7-14H2,2H3/b6-4+. The predicted molar refractivity (Wildman–Crippen MR) is 138 cm³/mol. The van der Waals surface area contributed by atoms with Gasteiger partial charge in [-0.2, -0.15) is 0 Å². The predicted octanol–water partition coefficient (Wildman–Crippen LogP) is 8.68. The van der Waals surface area contributed by atoms with Gasteiger partial charge in [-0.1, -0.05) is 24.6 Å². The van der Waals surface area contributed by atoms with Crippen molar-refractivity contribution in [3.63, 3.8) is 0 Å². The van der Waals surface area contributed by atoms with Crippen molar-refractivity contribution in [3.05, 3.63) is 83.5 Å². The molecule has 7 heteroatoms. The molecule has 0 N–H and O–H groups in total. The van der Waals surface area contributed by atoms with Gasteiger partial charge in [-0.3, -0.25) is 0 Å². The average molecular weight is 531 g/mol. The smallest absolute Gasteiger partial charge is 0.343 e. The fourth-order valence-electron chi connectivity index (χ4n) is 6.08. The summed E-state index contributed by atoms with van der Waals surface area (Å²) in [4.78, 5) is 12.6. The Kier molecular flexibility index (Phi) is 9.29. The first-order chi connectivity index (χ1) is 18.3. The summed E-state index contributed by atoms with van der Waals surface area (Å²) in [5, 5.41) is 0. The van der Waals surface area contributed by atoms with Gasteiger partial charge in [0.25, 0.3) is 0 Å². The maximum atomic E-state index is 15.1. The minimum absolute atomic E-state index is 0.00787. The van der Waals surface area contributed by atoms with Gasteiger partial charge in [0, 0.05) is 17.7 Å². The number of carbonyl (C=O) groups is 1. The summed E-state index contributed by atoms with van der Waals surface area (Å²) < 4.78 is 68.9. The summed E-state index contributed by atoms with van der Waals surface area (Å²) in [5.74, 6) is -4.38. The van der Waals surface area contributed by atoms with Crippen LogP contribution in [0.4, 0.5) is 17.6 Å². The third-order valence-corrected chi connectivity index (χ3v) is 7.97. The number of esters is 1. The van der Waals surface area contributed by atoms with Gasteiger partial charge in [0.1, 0.15) is 24.0 Å². The Morgan fingerprint density at radius 1 is 0.947 bits per heavy atom. The Morgan fingerprint density at radius 2 is 1.61 bits per heavy atom. The maximum absolute atomic E-state index is 15.1. The molecule has 0 spiro atoms. The summed E-state index contributed by atoms with van der Waals surface area (Å²) in [7, 11) is 0. The molecule has 2 aromatic carbocycles. The minimum Gasteiger partial charge on any atom is -0.483 e.